The normalized spacial score (nSPS) is 18.6. The average Bonchev–Trinajstić information content (AvgIpc) is 2.90. The Morgan fingerprint density at radius 2 is 1.88 bits per heavy atom. The van der Waals surface area contributed by atoms with Gasteiger partial charge >= 0.3 is 0 Å². The van der Waals surface area contributed by atoms with E-state index in [1.165, 1.54) is 35.6 Å². The summed E-state index contributed by atoms with van der Waals surface area (Å²) in [6, 6.07) is 10.3. The van der Waals surface area contributed by atoms with Crippen LogP contribution in [0.25, 0.3) is 0 Å². The molecule has 40 heavy (non-hydrogen) atoms. The fourth-order valence-corrected chi connectivity index (χ4v) is 5.74. The third-order valence-electron chi connectivity index (χ3n) is 6.92. The van der Waals surface area contributed by atoms with Crippen LogP contribution in [-0.2, 0) is 14.8 Å². The van der Waals surface area contributed by atoms with Crippen LogP contribution in [0.5, 0.6) is 5.75 Å². The molecule has 10 nitrogen and oxygen atoms in total. The van der Waals surface area contributed by atoms with Crippen molar-refractivity contribution in [2.45, 2.75) is 43.7 Å². The van der Waals surface area contributed by atoms with Gasteiger partial charge in [-0.3, -0.25) is 9.59 Å². The van der Waals surface area contributed by atoms with E-state index in [4.69, 9.17) is 16.3 Å². The number of anilines is 1. The quantitative estimate of drug-likeness (QED) is 0.410. The van der Waals surface area contributed by atoms with Gasteiger partial charge in [-0.05, 0) is 76.4 Å². The first kappa shape index (κ1) is 31.8. The van der Waals surface area contributed by atoms with Crippen LogP contribution in [0.3, 0.4) is 0 Å². The van der Waals surface area contributed by atoms with Crippen LogP contribution in [0.2, 0.25) is 5.02 Å². The lowest BCUT2D eigenvalue weighted by Crippen LogP contribution is -2.50. The fourth-order valence-electron chi connectivity index (χ4n) is 4.44. The summed E-state index contributed by atoms with van der Waals surface area (Å²) >= 11 is 5.93. The number of aliphatic hydroxyl groups is 1. The number of nitrogens with one attached hydrogen (secondary N) is 1. The molecule has 220 valence electrons. The lowest BCUT2D eigenvalue weighted by Gasteiger charge is -2.38. The van der Waals surface area contributed by atoms with E-state index in [1.807, 2.05) is 25.9 Å². The maximum atomic E-state index is 13.6. The topological polar surface area (TPSA) is 119 Å². The Bertz CT molecular complexity index is 1290. The first-order valence-corrected chi connectivity index (χ1v) is 15.0. The van der Waals surface area contributed by atoms with Crippen molar-refractivity contribution in [2.24, 2.45) is 5.92 Å². The summed E-state index contributed by atoms with van der Waals surface area (Å²) in [5.74, 6) is -0.501. The number of benzene rings is 2. The number of fused-ring (bicyclic) bond motifs is 1. The number of rotatable bonds is 11. The number of carbonyl (C=O) groups is 2. The molecule has 0 aliphatic carbocycles. The van der Waals surface area contributed by atoms with Crippen molar-refractivity contribution in [1.82, 2.24) is 14.1 Å². The van der Waals surface area contributed by atoms with Crippen molar-refractivity contribution in [3.63, 3.8) is 0 Å². The van der Waals surface area contributed by atoms with E-state index in [-0.39, 0.29) is 53.6 Å². The number of carbonyl (C=O) groups excluding carboxylic acids is 2. The van der Waals surface area contributed by atoms with Crippen LogP contribution in [0.1, 0.15) is 37.0 Å². The van der Waals surface area contributed by atoms with E-state index < -0.39 is 22.2 Å². The SMILES string of the molecule is C[C@H](CO)N1C[C@H](C)[C@@H](CN(C)S(=O)(=O)c2ccc(Cl)cc2)Oc2ccc(NC(=O)CCCN(C)C)cc2C1=O. The first-order chi connectivity index (χ1) is 18.8. The van der Waals surface area contributed by atoms with Gasteiger partial charge in [0, 0.05) is 36.6 Å². The second-order valence-corrected chi connectivity index (χ2v) is 13.0. The van der Waals surface area contributed by atoms with Crippen molar-refractivity contribution in [2.75, 3.05) is 52.7 Å². The predicted octanol–water partition coefficient (Wildman–Crippen LogP) is 3.16. The fraction of sp³-hybridized carbons (Fsp3) is 0.500. The second-order valence-electron chi connectivity index (χ2n) is 10.5. The lowest BCUT2D eigenvalue weighted by molar-refractivity contribution is -0.116. The minimum atomic E-state index is -3.83. The van der Waals surface area contributed by atoms with E-state index in [0.717, 1.165) is 6.54 Å². The van der Waals surface area contributed by atoms with Gasteiger partial charge in [-0.15, -0.1) is 0 Å². The number of sulfonamides is 1. The maximum Gasteiger partial charge on any atom is 0.258 e. The minimum Gasteiger partial charge on any atom is -0.488 e. The number of hydrogen-bond donors (Lipinski definition) is 2. The number of hydrogen-bond acceptors (Lipinski definition) is 7. The molecule has 2 aromatic carbocycles. The molecule has 3 atom stereocenters. The van der Waals surface area contributed by atoms with Crippen molar-refractivity contribution in [3.8, 4) is 5.75 Å². The molecule has 0 saturated carbocycles. The van der Waals surface area contributed by atoms with Gasteiger partial charge in [0.25, 0.3) is 5.91 Å². The highest BCUT2D eigenvalue weighted by molar-refractivity contribution is 7.89. The number of ether oxygens (including phenoxy) is 1. The second kappa shape index (κ2) is 13.8. The number of aliphatic hydroxyl groups excluding tert-OH is 1. The Morgan fingerprint density at radius 3 is 2.50 bits per heavy atom. The largest absolute Gasteiger partial charge is 0.488 e. The molecule has 1 aliphatic heterocycles. The zero-order valence-electron chi connectivity index (χ0n) is 23.6. The van der Waals surface area contributed by atoms with Gasteiger partial charge in [0.05, 0.1) is 29.7 Å². The zero-order valence-corrected chi connectivity index (χ0v) is 25.2. The summed E-state index contributed by atoms with van der Waals surface area (Å²) in [5.41, 5.74) is 0.682. The molecule has 0 aromatic heterocycles. The van der Waals surface area contributed by atoms with E-state index >= 15 is 0 Å². The highest BCUT2D eigenvalue weighted by atomic mass is 35.5. The molecule has 0 radical (unpaired) electrons. The van der Waals surface area contributed by atoms with Crippen LogP contribution < -0.4 is 10.1 Å². The summed E-state index contributed by atoms with van der Waals surface area (Å²) in [6.45, 7) is 4.42. The van der Waals surface area contributed by atoms with Gasteiger partial charge < -0.3 is 25.0 Å². The van der Waals surface area contributed by atoms with Gasteiger partial charge in [-0.25, -0.2) is 8.42 Å². The molecule has 2 amide bonds. The van der Waals surface area contributed by atoms with Gasteiger partial charge in [0.1, 0.15) is 11.9 Å². The highest BCUT2D eigenvalue weighted by Gasteiger charge is 2.35. The molecule has 2 N–H and O–H groups in total. The molecule has 0 spiro atoms. The lowest BCUT2D eigenvalue weighted by atomic mass is 9.99. The van der Waals surface area contributed by atoms with Crippen LogP contribution in [0.15, 0.2) is 47.4 Å². The van der Waals surface area contributed by atoms with Gasteiger partial charge in [-0.1, -0.05) is 18.5 Å². The standard InChI is InChI=1S/C28H39ClN4O6S/c1-19-16-33(20(2)18-34)28(36)24-15-22(30-27(35)7-6-14-31(3)4)10-13-25(24)39-26(19)17-32(5)40(37,38)23-11-8-21(29)9-12-23/h8-13,15,19-20,26,34H,6-7,14,16-18H2,1-5H3,(H,30,35)/t19-,20+,26+/m0/s1. The molecule has 3 rings (SSSR count). The number of amides is 2. The molecule has 0 bridgehead atoms. The van der Waals surface area contributed by atoms with Crippen molar-refractivity contribution >= 4 is 39.1 Å². The molecule has 1 aliphatic rings. The van der Waals surface area contributed by atoms with E-state index in [0.29, 0.717) is 23.6 Å². The Morgan fingerprint density at radius 1 is 1.20 bits per heavy atom. The van der Waals surface area contributed by atoms with Crippen molar-refractivity contribution in [1.29, 1.82) is 0 Å². The Kier molecular flexibility index (Phi) is 11.0. The third kappa shape index (κ3) is 7.94. The van der Waals surface area contributed by atoms with Gasteiger partial charge in [-0.2, -0.15) is 4.31 Å². The molecule has 0 unspecified atom stereocenters. The van der Waals surface area contributed by atoms with Crippen LogP contribution in [0.4, 0.5) is 5.69 Å². The van der Waals surface area contributed by atoms with Crippen LogP contribution in [-0.4, -0.2) is 99.0 Å². The summed E-state index contributed by atoms with van der Waals surface area (Å²) in [6.07, 6.45) is 0.417. The number of likely N-dealkylation sites (N-methyl/N-ethyl adjacent to an activating group) is 1. The number of halogens is 1. The van der Waals surface area contributed by atoms with Gasteiger partial charge in [0.15, 0.2) is 0 Å². The Labute approximate surface area is 241 Å². The van der Waals surface area contributed by atoms with Gasteiger partial charge in [0.2, 0.25) is 15.9 Å². The summed E-state index contributed by atoms with van der Waals surface area (Å²) in [5, 5.41) is 13.2. The first-order valence-electron chi connectivity index (χ1n) is 13.2. The molecular weight excluding hydrogens is 556 g/mol. The van der Waals surface area contributed by atoms with E-state index in [9.17, 15) is 23.1 Å². The molecule has 0 saturated heterocycles. The highest BCUT2D eigenvalue weighted by Crippen LogP contribution is 2.31. The zero-order chi connectivity index (χ0) is 29.6. The monoisotopic (exact) mass is 594 g/mol. The molecule has 0 fully saturated rings. The predicted molar refractivity (Wildman–Crippen MR) is 155 cm³/mol. The smallest absolute Gasteiger partial charge is 0.258 e. The molecule has 2 aromatic rings. The molecule has 1 heterocycles. The summed E-state index contributed by atoms with van der Waals surface area (Å²) in [7, 11) is 1.53. The van der Waals surface area contributed by atoms with Crippen LogP contribution in [0, 0.1) is 5.92 Å². The Hall–Kier alpha value is -2.70. The third-order valence-corrected chi connectivity index (χ3v) is 9.01. The minimum absolute atomic E-state index is 0.0193. The summed E-state index contributed by atoms with van der Waals surface area (Å²) in [4.78, 5) is 29.8. The number of nitrogens with zero attached hydrogens (tertiary/aromatic N) is 3. The van der Waals surface area contributed by atoms with E-state index in [1.54, 1.807) is 30.0 Å². The average molecular weight is 595 g/mol. The summed E-state index contributed by atoms with van der Waals surface area (Å²) < 4.78 is 34.0. The Balaban J connectivity index is 1.89. The van der Waals surface area contributed by atoms with E-state index in [2.05, 4.69) is 5.32 Å². The van der Waals surface area contributed by atoms with Crippen LogP contribution >= 0.6 is 11.6 Å². The maximum absolute atomic E-state index is 13.6. The molecule has 12 heteroatoms. The van der Waals surface area contributed by atoms with Crippen molar-refractivity contribution in [3.05, 3.63) is 53.1 Å². The van der Waals surface area contributed by atoms with Crippen molar-refractivity contribution < 1.29 is 27.9 Å². The molecular formula is C28H39ClN4O6S.